The second kappa shape index (κ2) is 54.9. The van der Waals surface area contributed by atoms with Crippen LogP contribution in [0.5, 0.6) is 0 Å². The number of aromatic nitrogens is 18. The van der Waals surface area contributed by atoms with Crippen molar-refractivity contribution in [3.8, 4) is 153 Å². The minimum absolute atomic E-state index is 0. The zero-order valence-electron chi connectivity index (χ0n) is 77.1. The number of aryl methyl sites for hydroxylation is 4. The molecule has 0 saturated carbocycles. The Morgan fingerprint density at radius 1 is 0.267 bits per heavy atom. The fourth-order valence-corrected chi connectivity index (χ4v) is 13.5. The van der Waals surface area contributed by atoms with Crippen LogP contribution in [0.25, 0.3) is 150 Å². The van der Waals surface area contributed by atoms with E-state index in [0.717, 1.165) is 136 Å². The van der Waals surface area contributed by atoms with E-state index in [2.05, 4.69) is 218 Å². The van der Waals surface area contributed by atoms with Gasteiger partial charge in [-0.2, -0.15) is 15.8 Å². The summed E-state index contributed by atoms with van der Waals surface area (Å²) in [6, 6.07) is 88.9. The molecule has 18 rings (SSSR count). The first kappa shape index (κ1) is 112. The Labute approximate surface area is 831 Å². The first-order chi connectivity index (χ1) is 61.4. The maximum Gasteiger partial charge on any atom is 4.00 e. The predicted molar refractivity (Wildman–Crippen MR) is 525 cm³/mol. The molecule has 12 aromatic heterocycles. The third-order valence-corrected chi connectivity index (χ3v) is 19.6. The topological polar surface area (TPSA) is 324 Å². The molecule has 0 bridgehead atoms. The molecule has 24 nitrogen and oxygen atoms in total. The van der Waals surface area contributed by atoms with E-state index in [9.17, 15) is 0 Å². The van der Waals surface area contributed by atoms with Crippen LogP contribution in [-0.4, -0.2) is 60.5 Å². The number of nitriles is 3. The number of benzene rings is 6. The molecule has 0 saturated heterocycles. The van der Waals surface area contributed by atoms with Crippen LogP contribution in [0.4, 0.5) is 17.5 Å². The second-order valence-electron chi connectivity index (χ2n) is 29.7. The Hall–Kier alpha value is -15.7. The Balaban J connectivity index is 0.000000334. The van der Waals surface area contributed by atoms with E-state index in [1.54, 1.807) is 36.4 Å². The van der Waals surface area contributed by atoms with E-state index in [1.165, 1.54) is 11.1 Å². The summed E-state index contributed by atoms with van der Waals surface area (Å²) in [5, 5.41) is 73.2. The van der Waals surface area contributed by atoms with Crippen molar-refractivity contribution < 1.29 is 59.4 Å². The summed E-state index contributed by atoms with van der Waals surface area (Å²) in [5.74, 6) is 1.97. The van der Waals surface area contributed by atoms with E-state index < -0.39 is 0 Å². The first-order valence-electron chi connectivity index (χ1n) is 40.0. The minimum Gasteiger partial charge on any atom is -0.573 e. The van der Waals surface area contributed by atoms with E-state index in [0.29, 0.717) is 80.5 Å². The Bertz CT molecular complexity index is 6310. The summed E-state index contributed by atoms with van der Waals surface area (Å²) in [6.45, 7) is 37.8. The SMILES string of the molecule is CC(C)Cc1cc(-c2cc(C#N)n[n-]2)ncc1-c1ccccc1.Cc1cc(-c2cc(C#N)n[n-]2)ncc1-c1ccccc1.Cc1cc(-c2cc(C#N)n[n-]2)ncc1-c1ccccc1.[C-]#[N+]c1cc(-c2cc(C)c(-c3ccccc3)cn2)[n-]n1.[C-]#[N+]c1cc(-c2cc(C)c(-c3ccccc3)cn2)[n-]n1.[C-]#[N+]c1cc(-c2cc(CC(C)C)c(-c3ccccc3)cn2)[n-]n1.[CH3-].[CH3-].[CH3-].[CH3-].[CH3-].[CH3-].[Os+4].[Os+4].[Os+4]. The fourth-order valence-electron chi connectivity index (χ4n) is 13.5. The standard InChI is InChI=1S/2C19H17N4.4C16H11N4.6CH3.3Os/c1-13(2)9-15-10-17(18-11-19(20-3)23-22-18)21-12-16(15)14-7-5-4-6-8-14;1-13(2)8-15-9-18(19-10-16(11-20)22-23-19)21-12-17(15)14-6-4-3-5-7-14;2*1-11-8-14(15-9-16(17-2)20-19-15)18-10-13(11)12-6-4-3-5-7-12;2*1-11-7-15(16-8-13(9-17)19-20-16)18-10-14(11)12-5-3-2-4-6-12;;;;;;;;;/h4-8,10-13H,9H2,1-2H3;3-7,9-10,12-13H,8H2,1-2H3;2*3-10H,1H3;2*2-8,10H,1H3;6*1H3;;;/q12*-1;3*+4. The van der Waals surface area contributed by atoms with Crippen molar-refractivity contribution in [1.82, 2.24) is 91.1 Å². The van der Waals surface area contributed by atoms with E-state index >= 15 is 0 Å². The van der Waals surface area contributed by atoms with Crippen LogP contribution in [-0.2, 0) is 72.2 Å². The zero-order valence-corrected chi connectivity index (χ0v) is 84.7. The summed E-state index contributed by atoms with van der Waals surface area (Å²) in [6.07, 6.45) is 13.1. The molecule has 18 aromatic rings. The Morgan fingerprint density at radius 2 is 0.452 bits per heavy atom. The molecule has 0 fully saturated rings. The van der Waals surface area contributed by atoms with Gasteiger partial charge >= 0.3 is 59.4 Å². The predicted octanol–water partition coefficient (Wildman–Crippen LogP) is 24.2. The Kier molecular flexibility index (Phi) is 45.4. The van der Waals surface area contributed by atoms with Crippen molar-refractivity contribution in [2.75, 3.05) is 0 Å². The van der Waals surface area contributed by atoms with Gasteiger partial charge in [0, 0.05) is 105 Å². The minimum atomic E-state index is 0. The van der Waals surface area contributed by atoms with Gasteiger partial charge < -0.3 is 105 Å². The third kappa shape index (κ3) is 29.7. The third-order valence-electron chi connectivity index (χ3n) is 19.6. The van der Waals surface area contributed by atoms with Crippen LogP contribution in [0.3, 0.4) is 0 Å². The molecule has 0 unspecified atom stereocenters. The van der Waals surface area contributed by atoms with E-state index in [4.69, 9.17) is 35.5 Å². The van der Waals surface area contributed by atoms with Crippen molar-refractivity contribution in [2.24, 2.45) is 11.8 Å². The average molecular weight is 2300 g/mol. The normalized spacial score (nSPS) is 9.69. The molecule has 27 heteroatoms. The van der Waals surface area contributed by atoms with Crippen LogP contribution in [0.2, 0.25) is 0 Å². The zero-order chi connectivity index (χ0) is 88.3. The summed E-state index contributed by atoms with van der Waals surface area (Å²) in [4.78, 5) is 36.6. The molecule has 135 heavy (non-hydrogen) atoms. The fraction of sp³-hybridized carbons (Fsp3) is 0.111. The molecule has 0 amide bonds. The molecule has 6 aromatic carbocycles. The van der Waals surface area contributed by atoms with E-state index in [-0.39, 0.29) is 104 Å². The molecule has 0 aliphatic heterocycles. The van der Waals surface area contributed by atoms with Gasteiger partial charge in [0.15, 0.2) is 0 Å². The maximum atomic E-state index is 8.89. The molecule has 0 N–H and O–H groups in total. The summed E-state index contributed by atoms with van der Waals surface area (Å²) >= 11 is 0. The van der Waals surface area contributed by atoms with Crippen molar-refractivity contribution in [3.63, 3.8) is 0 Å². The summed E-state index contributed by atoms with van der Waals surface area (Å²) in [5.41, 5.74) is 29.7. The number of hydrogen-bond acceptors (Lipinski definition) is 15. The maximum absolute atomic E-state index is 8.89. The molecule has 672 valence electrons. The van der Waals surface area contributed by atoms with Gasteiger partial charge in [-0.3, -0.25) is 29.9 Å². The van der Waals surface area contributed by atoms with Crippen LogP contribution >= 0.6 is 0 Å². The molecule has 0 aliphatic carbocycles. The molecule has 0 atom stereocenters. The second-order valence-corrected chi connectivity index (χ2v) is 29.7. The van der Waals surface area contributed by atoms with Gasteiger partial charge in [-0.25, -0.2) is 15.3 Å². The van der Waals surface area contributed by atoms with Crippen molar-refractivity contribution in [2.45, 2.75) is 68.2 Å². The smallest absolute Gasteiger partial charge is 0.573 e. The first-order valence-corrected chi connectivity index (χ1v) is 40.0. The van der Waals surface area contributed by atoms with E-state index in [1.807, 2.05) is 217 Å². The number of nitrogens with zero attached hydrogens (tertiary/aromatic N) is 24. The van der Waals surface area contributed by atoms with Crippen molar-refractivity contribution in [3.05, 3.63) is 421 Å². The van der Waals surface area contributed by atoms with Crippen LogP contribution < -0.4 is 30.6 Å². The van der Waals surface area contributed by atoms with Crippen LogP contribution in [0.15, 0.2) is 292 Å². The molecular formula is C108H96N24Os3. The van der Waals surface area contributed by atoms with Gasteiger partial charge in [-0.1, -0.05) is 264 Å². The monoisotopic (exact) mass is 2300 g/mol. The van der Waals surface area contributed by atoms with Gasteiger partial charge in [0.2, 0.25) is 0 Å². The van der Waals surface area contributed by atoms with Crippen LogP contribution in [0.1, 0.15) is 78.2 Å². The Morgan fingerprint density at radius 3 is 0.630 bits per heavy atom. The van der Waals surface area contributed by atoms with Gasteiger partial charge in [-0.15, -0.1) is 0 Å². The van der Waals surface area contributed by atoms with Gasteiger partial charge in [-0.05, 0) is 192 Å². The largest absolute Gasteiger partial charge is 4.00 e. The number of rotatable bonds is 16. The molecule has 0 radical (unpaired) electrons. The van der Waals surface area contributed by atoms with Gasteiger partial charge in [0.1, 0.15) is 35.3 Å². The molecule has 0 spiro atoms. The summed E-state index contributed by atoms with van der Waals surface area (Å²) in [7, 11) is 0. The van der Waals surface area contributed by atoms with Crippen molar-refractivity contribution in [1.29, 1.82) is 15.8 Å². The van der Waals surface area contributed by atoms with Crippen molar-refractivity contribution >= 4 is 17.5 Å². The quantitative estimate of drug-likeness (QED) is 0.0811. The molecule has 0 aliphatic rings. The van der Waals surface area contributed by atoms with Crippen LogP contribution in [0, 0.1) is 138 Å². The molecular weight excluding hydrogens is 2200 g/mol. The van der Waals surface area contributed by atoms with Gasteiger partial charge in [0.05, 0.1) is 0 Å². The average Bonchev–Trinajstić information content (AvgIpc) is 1.74. The summed E-state index contributed by atoms with van der Waals surface area (Å²) < 4.78 is 0. The molecule has 12 heterocycles. The number of hydrogen-bond donors (Lipinski definition) is 0. The number of pyridine rings is 6. The van der Waals surface area contributed by atoms with Gasteiger partial charge in [0.25, 0.3) is 17.5 Å².